The lowest BCUT2D eigenvalue weighted by Crippen LogP contribution is -2.15. The molecule has 1 rings (SSSR count). The Morgan fingerprint density at radius 1 is 1.29 bits per heavy atom. The van der Waals surface area contributed by atoms with Crippen molar-refractivity contribution in [3.8, 4) is 5.75 Å². The molecule has 1 aromatic rings. The molecule has 17 heavy (non-hydrogen) atoms. The van der Waals surface area contributed by atoms with Gasteiger partial charge in [0.1, 0.15) is 5.75 Å². The smallest absolute Gasteiger partial charge is 0.125 e. The first kappa shape index (κ1) is 14.3. The maximum atomic E-state index is 6.14. The predicted molar refractivity (Wildman–Crippen MR) is 70.5 cm³/mol. The van der Waals surface area contributed by atoms with Crippen molar-refractivity contribution in [2.24, 2.45) is 5.90 Å². The monoisotopic (exact) mass is 257 g/mol. The molecule has 2 N–H and O–H groups in total. The fourth-order valence-electron chi connectivity index (χ4n) is 1.80. The van der Waals surface area contributed by atoms with Crippen LogP contribution in [0.3, 0.4) is 0 Å². The quantitative estimate of drug-likeness (QED) is 0.843. The van der Waals surface area contributed by atoms with E-state index in [1.807, 2.05) is 12.1 Å². The fourth-order valence-corrected chi connectivity index (χ4v) is 2.04. The molecule has 0 aliphatic carbocycles. The Bertz CT molecular complexity index is 386. The number of hydrogen-bond donors (Lipinski definition) is 1. The van der Waals surface area contributed by atoms with E-state index < -0.39 is 0 Å². The molecular formula is C13H20ClNO2. The van der Waals surface area contributed by atoms with Gasteiger partial charge in [0, 0.05) is 17.0 Å². The largest absolute Gasteiger partial charge is 0.496 e. The van der Waals surface area contributed by atoms with Crippen molar-refractivity contribution in [3.05, 3.63) is 28.3 Å². The summed E-state index contributed by atoms with van der Waals surface area (Å²) in [7, 11) is 1.67. The Balaban J connectivity index is 3.25. The van der Waals surface area contributed by atoms with E-state index >= 15 is 0 Å². The lowest BCUT2D eigenvalue weighted by Gasteiger charge is -2.24. The van der Waals surface area contributed by atoms with Crippen LogP contribution in [-0.4, -0.2) is 13.7 Å². The zero-order chi connectivity index (χ0) is 13.1. The van der Waals surface area contributed by atoms with Crippen molar-refractivity contribution in [1.29, 1.82) is 0 Å². The van der Waals surface area contributed by atoms with Crippen LogP contribution in [0.15, 0.2) is 12.1 Å². The molecule has 1 aromatic carbocycles. The lowest BCUT2D eigenvalue weighted by atomic mass is 9.85. The zero-order valence-electron chi connectivity index (χ0n) is 10.8. The molecule has 4 heteroatoms. The normalized spacial score (nSPS) is 11.6. The van der Waals surface area contributed by atoms with Gasteiger partial charge in [0.2, 0.25) is 0 Å². The van der Waals surface area contributed by atoms with Crippen LogP contribution in [-0.2, 0) is 16.7 Å². The Labute approximate surface area is 108 Å². The van der Waals surface area contributed by atoms with Gasteiger partial charge < -0.3 is 9.57 Å². The van der Waals surface area contributed by atoms with Crippen molar-refractivity contribution in [2.75, 3.05) is 13.7 Å². The highest BCUT2D eigenvalue weighted by Gasteiger charge is 2.21. The van der Waals surface area contributed by atoms with Gasteiger partial charge in [-0.05, 0) is 23.1 Å². The summed E-state index contributed by atoms with van der Waals surface area (Å²) < 4.78 is 5.50. The number of benzene rings is 1. The Morgan fingerprint density at radius 3 is 2.41 bits per heavy atom. The van der Waals surface area contributed by atoms with E-state index in [0.29, 0.717) is 18.1 Å². The van der Waals surface area contributed by atoms with Crippen molar-refractivity contribution < 1.29 is 9.57 Å². The third-order valence-corrected chi connectivity index (χ3v) is 2.85. The van der Waals surface area contributed by atoms with Crippen molar-refractivity contribution in [1.82, 2.24) is 0 Å². The van der Waals surface area contributed by atoms with E-state index in [4.69, 9.17) is 22.2 Å². The molecule has 0 aliphatic rings. The summed E-state index contributed by atoms with van der Waals surface area (Å²) in [6.07, 6.45) is 0.684. The molecule has 0 aromatic heterocycles. The van der Waals surface area contributed by atoms with Gasteiger partial charge in [0.15, 0.2) is 0 Å². The summed E-state index contributed by atoms with van der Waals surface area (Å²) in [5.74, 6) is 5.93. The summed E-state index contributed by atoms with van der Waals surface area (Å²) in [6, 6.07) is 3.85. The maximum Gasteiger partial charge on any atom is 0.125 e. The third-order valence-electron chi connectivity index (χ3n) is 2.63. The average Bonchev–Trinajstić information content (AvgIpc) is 2.24. The van der Waals surface area contributed by atoms with Crippen LogP contribution in [0.5, 0.6) is 5.75 Å². The van der Waals surface area contributed by atoms with Crippen LogP contribution < -0.4 is 10.6 Å². The van der Waals surface area contributed by atoms with Crippen molar-refractivity contribution in [3.63, 3.8) is 0 Å². The second kappa shape index (κ2) is 5.71. The molecule has 0 aliphatic heterocycles. The van der Waals surface area contributed by atoms with Gasteiger partial charge in [-0.15, -0.1) is 0 Å². The van der Waals surface area contributed by atoms with E-state index in [1.54, 1.807) is 7.11 Å². The minimum absolute atomic E-state index is 0.0193. The molecule has 0 bridgehead atoms. The average molecular weight is 258 g/mol. The van der Waals surface area contributed by atoms with E-state index in [9.17, 15) is 0 Å². The molecule has 0 spiro atoms. The van der Waals surface area contributed by atoms with Crippen LogP contribution in [0.1, 0.15) is 31.9 Å². The number of methoxy groups -OCH3 is 1. The number of halogens is 1. The van der Waals surface area contributed by atoms with E-state index in [2.05, 4.69) is 25.6 Å². The Morgan fingerprint density at radius 2 is 1.94 bits per heavy atom. The SMILES string of the molecule is COc1c(CCON)cc(Cl)cc1C(C)(C)C. The Kier molecular flexibility index (Phi) is 4.80. The molecule has 0 amide bonds. The first-order chi connectivity index (χ1) is 7.90. The van der Waals surface area contributed by atoms with E-state index in [-0.39, 0.29) is 5.41 Å². The van der Waals surface area contributed by atoms with Gasteiger partial charge in [0.25, 0.3) is 0 Å². The minimum Gasteiger partial charge on any atom is -0.496 e. The van der Waals surface area contributed by atoms with Crippen LogP contribution in [0.25, 0.3) is 0 Å². The standard InChI is InChI=1S/C13H20ClNO2/c1-13(2,3)11-8-10(14)7-9(5-6-17-15)12(11)16-4/h7-8H,5-6,15H2,1-4H3. The first-order valence-corrected chi connectivity index (χ1v) is 5.96. The maximum absolute atomic E-state index is 6.14. The molecule has 0 atom stereocenters. The first-order valence-electron chi connectivity index (χ1n) is 5.58. The summed E-state index contributed by atoms with van der Waals surface area (Å²) in [5, 5.41) is 0.711. The second-order valence-corrected chi connectivity index (χ2v) is 5.45. The van der Waals surface area contributed by atoms with Gasteiger partial charge in [-0.1, -0.05) is 32.4 Å². The van der Waals surface area contributed by atoms with Gasteiger partial charge in [-0.3, -0.25) is 0 Å². The number of ether oxygens (including phenoxy) is 1. The number of rotatable bonds is 4. The van der Waals surface area contributed by atoms with Crippen LogP contribution in [0.2, 0.25) is 5.02 Å². The summed E-state index contributed by atoms with van der Waals surface area (Å²) in [5.41, 5.74) is 2.10. The van der Waals surface area contributed by atoms with Gasteiger partial charge in [0.05, 0.1) is 13.7 Å². The summed E-state index contributed by atoms with van der Waals surface area (Å²) in [4.78, 5) is 4.61. The number of hydrogen-bond acceptors (Lipinski definition) is 3. The highest BCUT2D eigenvalue weighted by Crippen LogP contribution is 2.36. The molecule has 96 valence electrons. The topological polar surface area (TPSA) is 44.5 Å². The summed E-state index contributed by atoms with van der Waals surface area (Å²) in [6.45, 7) is 6.83. The molecule has 0 saturated heterocycles. The number of nitrogens with two attached hydrogens (primary N) is 1. The molecule has 0 unspecified atom stereocenters. The molecule has 0 fully saturated rings. The van der Waals surface area contributed by atoms with Gasteiger partial charge >= 0.3 is 0 Å². The minimum atomic E-state index is -0.0193. The van der Waals surface area contributed by atoms with Crippen LogP contribution >= 0.6 is 11.6 Å². The van der Waals surface area contributed by atoms with E-state index in [0.717, 1.165) is 16.9 Å². The lowest BCUT2D eigenvalue weighted by molar-refractivity contribution is 0.140. The predicted octanol–water partition coefficient (Wildman–Crippen LogP) is 3.08. The fraction of sp³-hybridized carbons (Fsp3) is 0.538. The molecule has 0 saturated carbocycles. The van der Waals surface area contributed by atoms with Crippen molar-refractivity contribution in [2.45, 2.75) is 32.6 Å². The van der Waals surface area contributed by atoms with Crippen LogP contribution in [0, 0.1) is 0 Å². The second-order valence-electron chi connectivity index (χ2n) is 5.02. The highest BCUT2D eigenvalue weighted by molar-refractivity contribution is 6.30. The Hall–Kier alpha value is -0.770. The highest BCUT2D eigenvalue weighted by atomic mass is 35.5. The molecule has 0 heterocycles. The van der Waals surface area contributed by atoms with Gasteiger partial charge in [-0.25, -0.2) is 5.90 Å². The third kappa shape index (κ3) is 3.60. The van der Waals surface area contributed by atoms with E-state index in [1.165, 1.54) is 0 Å². The molecule has 0 radical (unpaired) electrons. The molecular weight excluding hydrogens is 238 g/mol. The summed E-state index contributed by atoms with van der Waals surface area (Å²) >= 11 is 6.14. The molecule has 3 nitrogen and oxygen atoms in total. The van der Waals surface area contributed by atoms with Crippen LogP contribution in [0.4, 0.5) is 0 Å². The zero-order valence-corrected chi connectivity index (χ0v) is 11.6. The van der Waals surface area contributed by atoms with Crippen molar-refractivity contribution >= 4 is 11.6 Å². The van der Waals surface area contributed by atoms with Gasteiger partial charge in [-0.2, -0.15) is 0 Å².